The van der Waals surface area contributed by atoms with Gasteiger partial charge >= 0.3 is 6.09 Å². The maximum atomic E-state index is 11.5. The van der Waals surface area contributed by atoms with Crippen LogP contribution >= 0.6 is 0 Å². The number of ether oxygens (including phenoxy) is 1. The summed E-state index contributed by atoms with van der Waals surface area (Å²) in [6.45, 7) is 6.56. The monoisotopic (exact) mass is 188 g/mol. The zero-order valence-electron chi connectivity index (χ0n) is 9.37. The predicted octanol–water partition coefficient (Wildman–Crippen LogP) is 0.988. The van der Waals surface area contributed by atoms with E-state index < -0.39 is 5.60 Å². The molecule has 4 heteroatoms. The highest BCUT2D eigenvalue weighted by Crippen LogP contribution is 2.14. The highest BCUT2D eigenvalue weighted by molar-refractivity contribution is 5.68. The Balaban J connectivity index is 2.40. The number of carbonyl (C=O) groups is 1. The largest absolute Gasteiger partial charge is 0.444 e. The van der Waals surface area contributed by atoms with E-state index >= 15 is 0 Å². The number of aliphatic hydroxyl groups excluding tert-OH is 1. The van der Waals surface area contributed by atoms with Crippen LogP contribution in [0.25, 0.3) is 0 Å². The standard InChI is InChI=1S/C9H17NO3/c1-9(2,3)13-8(12)10-5-4-7(11)6-10/h7,11H,4-6H2,1-3H3/i11D. The summed E-state index contributed by atoms with van der Waals surface area (Å²) in [4.78, 5) is 13.1. The average Bonchev–Trinajstić information content (AvgIpc) is 2.48. The molecule has 0 aliphatic carbocycles. The lowest BCUT2D eigenvalue weighted by Gasteiger charge is -2.24. The van der Waals surface area contributed by atoms with Gasteiger partial charge in [0.15, 0.2) is 0 Å². The molecule has 0 saturated carbocycles. The SMILES string of the molecule is [2H]OC1CCN(C(=O)OC(C)(C)C)C1. The van der Waals surface area contributed by atoms with Gasteiger partial charge in [-0.05, 0) is 27.2 Å². The minimum absolute atomic E-state index is 0.164. The molecule has 13 heavy (non-hydrogen) atoms. The summed E-state index contributed by atoms with van der Waals surface area (Å²) >= 11 is 0. The summed E-state index contributed by atoms with van der Waals surface area (Å²) in [5, 5.41) is 4.42. The van der Waals surface area contributed by atoms with Crippen molar-refractivity contribution >= 4 is 6.09 Å². The molecule has 1 saturated heterocycles. The van der Waals surface area contributed by atoms with Gasteiger partial charge < -0.3 is 14.7 Å². The van der Waals surface area contributed by atoms with Crippen LogP contribution in [-0.2, 0) is 4.74 Å². The molecule has 4 nitrogen and oxygen atoms in total. The van der Waals surface area contributed by atoms with E-state index in [1.807, 2.05) is 20.8 Å². The lowest BCUT2D eigenvalue weighted by molar-refractivity contribution is 0.0270. The molecule has 0 aromatic rings. The van der Waals surface area contributed by atoms with Crippen LogP contribution in [-0.4, -0.2) is 42.3 Å². The molecular weight excluding hydrogens is 170 g/mol. The quantitative estimate of drug-likeness (QED) is 0.667. The number of hydrogen-bond donors (Lipinski definition) is 1. The first-order valence-electron chi connectivity index (χ1n) is 4.93. The third-order valence-corrected chi connectivity index (χ3v) is 1.80. The van der Waals surface area contributed by atoms with Gasteiger partial charge in [-0.25, -0.2) is 4.79 Å². The highest BCUT2D eigenvalue weighted by atomic mass is 16.6. The smallest absolute Gasteiger partial charge is 0.410 e. The Bertz CT molecular complexity index is 215. The topological polar surface area (TPSA) is 49.8 Å². The molecule has 1 amide bonds. The lowest BCUT2D eigenvalue weighted by Crippen LogP contribution is -2.35. The highest BCUT2D eigenvalue weighted by Gasteiger charge is 2.28. The number of rotatable bonds is 1. The number of aliphatic hydroxyl groups is 1. The molecule has 0 aromatic heterocycles. The molecule has 1 aliphatic heterocycles. The summed E-state index contributed by atoms with van der Waals surface area (Å²) in [6, 6.07) is 0. The second kappa shape index (κ2) is 3.54. The first kappa shape index (κ1) is 8.81. The van der Waals surface area contributed by atoms with Crippen LogP contribution in [0, 0.1) is 0 Å². The minimum atomic E-state index is -0.461. The molecule has 1 aliphatic rings. The van der Waals surface area contributed by atoms with E-state index in [9.17, 15) is 4.79 Å². The Labute approximate surface area is 80.0 Å². The Hall–Kier alpha value is -0.770. The first-order chi connectivity index (χ1) is 6.42. The number of carbonyl (C=O) groups excluding carboxylic acids is 1. The maximum absolute atomic E-state index is 11.5. The molecule has 1 rings (SSSR count). The maximum Gasteiger partial charge on any atom is 0.410 e. The molecule has 0 radical (unpaired) electrons. The predicted molar refractivity (Wildman–Crippen MR) is 48.4 cm³/mol. The van der Waals surface area contributed by atoms with Crippen molar-refractivity contribution in [2.24, 2.45) is 0 Å². The van der Waals surface area contributed by atoms with Gasteiger partial charge in [0.1, 0.15) is 5.60 Å². The van der Waals surface area contributed by atoms with Crippen LogP contribution in [0.5, 0.6) is 0 Å². The first-order valence-corrected chi connectivity index (χ1v) is 4.52. The molecule has 76 valence electrons. The fourth-order valence-corrected chi connectivity index (χ4v) is 1.22. The Morgan fingerprint density at radius 1 is 1.69 bits per heavy atom. The van der Waals surface area contributed by atoms with E-state index in [2.05, 4.69) is 5.11 Å². The van der Waals surface area contributed by atoms with E-state index in [1.165, 1.54) is 0 Å². The van der Waals surface area contributed by atoms with E-state index in [1.54, 1.807) is 4.90 Å². The number of nitrogens with zero attached hydrogens (tertiary/aromatic N) is 1. The third-order valence-electron chi connectivity index (χ3n) is 1.80. The molecule has 0 aromatic carbocycles. The molecule has 0 bridgehead atoms. The van der Waals surface area contributed by atoms with Crippen molar-refractivity contribution < 1.29 is 14.6 Å². The summed E-state index contributed by atoms with van der Waals surface area (Å²) in [5.41, 5.74) is -0.461. The zero-order valence-corrected chi connectivity index (χ0v) is 8.37. The number of hydrogen-bond acceptors (Lipinski definition) is 3. The molecular formula is C9H17NO3. The number of β-amino-alcohol motifs (C(OH)–C–C–N with tert-alkyl or cyclic N) is 1. The van der Waals surface area contributed by atoms with Crippen molar-refractivity contribution in [1.82, 2.24) is 4.90 Å². The van der Waals surface area contributed by atoms with Crippen molar-refractivity contribution in [3.8, 4) is 0 Å². The fraction of sp³-hybridized carbons (Fsp3) is 0.889. The second-order valence-corrected chi connectivity index (χ2v) is 4.34. The summed E-state index contributed by atoms with van der Waals surface area (Å²) in [7, 11) is 0. The van der Waals surface area contributed by atoms with E-state index in [0.29, 0.717) is 19.5 Å². The molecule has 1 N–H and O–H groups in total. The van der Waals surface area contributed by atoms with Gasteiger partial charge in [-0.15, -0.1) is 0 Å². The Kier molecular flexibility index (Phi) is 2.40. The molecule has 0 spiro atoms. The summed E-state index contributed by atoms with van der Waals surface area (Å²) in [6.07, 6.45) is 0.225. The normalized spacial score (nSPS) is 24.4. The van der Waals surface area contributed by atoms with Crippen LogP contribution in [0.1, 0.15) is 27.2 Å². The van der Waals surface area contributed by atoms with Gasteiger partial charge in [-0.3, -0.25) is 0 Å². The van der Waals surface area contributed by atoms with Gasteiger partial charge in [0, 0.05) is 13.1 Å². The minimum Gasteiger partial charge on any atom is -0.444 e. The van der Waals surface area contributed by atoms with Gasteiger partial charge in [0.2, 0.25) is 1.43 Å². The fourth-order valence-electron chi connectivity index (χ4n) is 1.22. The Morgan fingerprint density at radius 2 is 2.38 bits per heavy atom. The Morgan fingerprint density at radius 3 is 2.85 bits per heavy atom. The molecule has 1 atom stereocenters. The van der Waals surface area contributed by atoms with Crippen LogP contribution < -0.4 is 0 Å². The zero-order chi connectivity index (χ0) is 10.8. The van der Waals surface area contributed by atoms with E-state index in [0.717, 1.165) is 0 Å². The average molecular weight is 188 g/mol. The van der Waals surface area contributed by atoms with Crippen LogP contribution in [0.3, 0.4) is 0 Å². The van der Waals surface area contributed by atoms with Crippen molar-refractivity contribution in [3.63, 3.8) is 0 Å². The summed E-state index contributed by atoms with van der Waals surface area (Å²) in [5.74, 6) is 0. The van der Waals surface area contributed by atoms with Gasteiger partial charge in [-0.2, -0.15) is 0 Å². The van der Waals surface area contributed by atoms with Gasteiger partial charge in [-0.1, -0.05) is 0 Å². The third kappa shape index (κ3) is 3.22. The van der Waals surface area contributed by atoms with Crippen molar-refractivity contribution in [3.05, 3.63) is 0 Å². The van der Waals surface area contributed by atoms with E-state index in [4.69, 9.17) is 6.17 Å². The van der Waals surface area contributed by atoms with Crippen LogP contribution in [0.15, 0.2) is 0 Å². The van der Waals surface area contributed by atoms with E-state index in [-0.39, 0.29) is 12.2 Å². The van der Waals surface area contributed by atoms with Crippen molar-refractivity contribution in [2.45, 2.75) is 38.9 Å². The summed E-state index contributed by atoms with van der Waals surface area (Å²) < 4.78 is 11.9. The van der Waals surface area contributed by atoms with Crippen LogP contribution in [0.2, 0.25) is 0 Å². The molecule has 1 fully saturated rings. The molecule has 1 unspecified atom stereocenters. The van der Waals surface area contributed by atoms with Crippen LogP contribution in [0.4, 0.5) is 4.79 Å². The molecule has 1 heterocycles. The van der Waals surface area contributed by atoms with Gasteiger partial charge in [0.25, 0.3) is 0 Å². The number of amides is 1. The van der Waals surface area contributed by atoms with Gasteiger partial charge in [0.05, 0.1) is 6.10 Å². The lowest BCUT2D eigenvalue weighted by atomic mass is 10.2. The second-order valence-electron chi connectivity index (χ2n) is 4.34. The van der Waals surface area contributed by atoms with Crippen molar-refractivity contribution in [2.75, 3.05) is 13.1 Å². The number of likely N-dealkylation sites (tertiary alicyclic amines) is 1. The van der Waals surface area contributed by atoms with Crippen molar-refractivity contribution in [1.29, 1.82) is 1.43 Å².